The molecule has 1 aliphatic heterocycles. The summed E-state index contributed by atoms with van der Waals surface area (Å²) in [5, 5.41) is 10.4. The number of rotatable bonds is 5. The summed E-state index contributed by atoms with van der Waals surface area (Å²) >= 11 is 0. The van der Waals surface area contributed by atoms with Crippen molar-refractivity contribution in [2.24, 2.45) is 11.8 Å². The van der Waals surface area contributed by atoms with Crippen molar-refractivity contribution in [3.8, 4) is 5.75 Å². The zero-order valence-corrected chi connectivity index (χ0v) is 15.4. The molecule has 1 N–H and O–H groups in total. The van der Waals surface area contributed by atoms with Crippen molar-refractivity contribution < 1.29 is 9.84 Å². The first kappa shape index (κ1) is 18.3. The second-order valence-corrected chi connectivity index (χ2v) is 8.38. The van der Waals surface area contributed by atoms with Crippen LogP contribution in [0, 0.1) is 11.8 Å². The van der Waals surface area contributed by atoms with Crippen LogP contribution in [0.5, 0.6) is 5.75 Å². The van der Waals surface area contributed by atoms with Crippen LogP contribution in [0.25, 0.3) is 0 Å². The van der Waals surface area contributed by atoms with Gasteiger partial charge in [-0.3, -0.25) is 0 Å². The maximum absolute atomic E-state index is 10.4. The van der Waals surface area contributed by atoms with E-state index in [4.69, 9.17) is 4.74 Å². The molecule has 0 bridgehead atoms. The second-order valence-electron chi connectivity index (χ2n) is 8.38. The molecule has 0 amide bonds. The first-order valence-corrected chi connectivity index (χ1v) is 8.88. The maximum atomic E-state index is 10.4. The molecule has 1 saturated heterocycles. The number of piperidine rings is 1. The fraction of sp³-hybridized carbons (Fsp3) is 0.700. The van der Waals surface area contributed by atoms with Gasteiger partial charge in [-0.15, -0.1) is 0 Å². The van der Waals surface area contributed by atoms with E-state index in [2.05, 4.69) is 45.6 Å². The number of β-amino-alcohol motifs (C(OH)–C–C–N with tert-alkyl or cyclic N) is 1. The van der Waals surface area contributed by atoms with Crippen molar-refractivity contribution in [2.45, 2.75) is 52.6 Å². The van der Waals surface area contributed by atoms with Gasteiger partial charge in [0.25, 0.3) is 0 Å². The molecule has 2 rings (SSSR count). The quantitative estimate of drug-likeness (QED) is 0.898. The molecule has 0 radical (unpaired) electrons. The minimum atomic E-state index is -0.444. The van der Waals surface area contributed by atoms with Crippen LogP contribution in [0.1, 0.15) is 46.6 Å². The Morgan fingerprint density at radius 3 is 2.39 bits per heavy atom. The summed E-state index contributed by atoms with van der Waals surface area (Å²) in [6, 6.07) is 8.14. The predicted molar refractivity (Wildman–Crippen MR) is 96.0 cm³/mol. The van der Waals surface area contributed by atoms with E-state index in [0.29, 0.717) is 25.0 Å². The number of aliphatic hydroxyl groups is 1. The van der Waals surface area contributed by atoms with Gasteiger partial charge in [0.2, 0.25) is 0 Å². The highest BCUT2D eigenvalue weighted by molar-refractivity contribution is 5.38. The van der Waals surface area contributed by atoms with Gasteiger partial charge in [0.05, 0.1) is 0 Å². The highest BCUT2D eigenvalue weighted by Crippen LogP contribution is 2.31. The van der Waals surface area contributed by atoms with Gasteiger partial charge in [-0.05, 0) is 35.3 Å². The van der Waals surface area contributed by atoms with Gasteiger partial charge in [0, 0.05) is 19.6 Å². The molecule has 0 unspecified atom stereocenters. The largest absolute Gasteiger partial charge is 0.491 e. The molecule has 0 saturated carbocycles. The molecule has 1 heterocycles. The third-order valence-corrected chi connectivity index (χ3v) is 4.54. The van der Waals surface area contributed by atoms with Crippen molar-refractivity contribution in [2.75, 3.05) is 26.2 Å². The van der Waals surface area contributed by atoms with E-state index in [1.807, 2.05) is 18.2 Å². The SMILES string of the molecule is C[C@@H]1C[C@@H](C)CN(C[C@H](O)COc2ccccc2C(C)(C)C)C1. The van der Waals surface area contributed by atoms with Crippen molar-refractivity contribution in [3.63, 3.8) is 0 Å². The molecule has 1 fully saturated rings. The number of benzene rings is 1. The Labute approximate surface area is 141 Å². The van der Waals surface area contributed by atoms with E-state index < -0.39 is 6.10 Å². The first-order valence-electron chi connectivity index (χ1n) is 8.88. The second kappa shape index (κ2) is 7.67. The number of nitrogens with zero attached hydrogens (tertiary/aromatic N) is 1. The summed E-state index contributed by atoms with van der Waals surface area (Å²) < 4.78 is 5.94. The number of ether oxygens (including phenoxy) is 1. The molecular weight excluding hydrogens is 286 g/mol. The Kier molecular flexibility index (Phi) is 6.10. The smallest absolute Gasteiger partial charge is 0.123 e. The van der Waals surface area contributed by atoms with E-state index in [9.17, 15) is 5.11 Å². The Morgan fingerprint density at radius 1 is 1.17 bits per heavy atom. The first-order chi connectivity index (χ1) is 10.8. The summed E-state index contributed by atoms with van der Waals surface area (Å²) in [6.45, 7) is 14.4. The van der Waals surface area contributed by atoms with Gasteiger partial charge in [-0.25, -0.2) is 0 Å². The van der Waals surface area contributed by atoms with Crippen LogP contribution in [0.15, 0.2) is 24.3 Å². The Balaban J connectivity index is 1.89. The van der Waals surface area contributed by atoms with E-state index in [1.165, 1.54) is 12.0 Å². The van der Waals surface area contributed by atoms with Crippen LogP contribution < -0.4 is 4.74 Å². The number of para-hydroxylation sites is 1. The molecule has 3 atom stereocenters. The van der Waals surface area contributed by atoms with Crippen molar-refractivity contribution >= 4 is 0 Å². The molecule has 0 aromatic heterocycles. The molecule has 0 spiro atoms. The number of hydrogen-bond donors (Lipinski definition) is 1. The lowest BCUT2D eigenvalue weighted by Gasteiger charge is -2.36. The molecule has 23 heavy (non-hydrogen) atoms. The zero-order valence-electron chi connectivity index (χ0n) is 15.4. The monoisotopic (exact) mass is 319 g/mol. The number of aliphatic hydroxyl groups excluding tert-OH is 1. The molecule has 1 aromatic carbocycles. The third-order valence-electron chi connectivity index (χ3n) is 4.54. The Hall–Kier alpha value is -1.06. The van der Waals surface area contributed by atoms with Crippen molar-refractivity contribution in [1.29, 1.82) is 0 Å². The van der Waals surface area contributed by atoms with E-state index in [-0.39, 0.29) is 5.41 Å². The summed E-state index contributed by atoms with van der Waals surface area (Å²) in [4.78, 5) is 2.38. The van der Waals surface area contributed by atoms with Crippen LogP contribution >= 0.6 is 0 Å². The van der Waals surface area contributed by atoms with Gasteiger partial charge < -0.3 is 14.7 Å². The fourth-order valence-electron chi connectivity index (χ4n) is 3.69. The van der Waals surface area contributed by atoms with Gasteiger partial charge in [-0.2, -0.15) is 0 Å². The highest BCUT2D eigenvalue weighted by Gasteiger charge is 2.24. The van der Waals surface area contributed by atoms with Crippen LogP contribution in [0.2, 0.25) is 0 Å². The van der Waals surface area contributed by atoms with Crippen LogP contribution in [0.3, 0.4) is 0 Å². The Morgan fingerprint density at radius 2 is 1.78 bits per heavy atom. The standard InChI is InChI=1S/C20H33NO2/c1-15-10-16(2)12-21(11-15)13-17(22)14-23-19-9-7-6-8-18(19)20(3,4)5/h6-9,15-17,22H,10-14H2,1-5H3/t15-,16-,17+/m1/s1. The fourth-order valence-corrected chi connectivity index (χ4v) is 3.69. The molecule has 3 nitrogen and oxygen atoms in total. The summed E-state index contributed by atoms with van der Waals surface area (Å²) in [5.74, 6) is 2.32. The van der Waals surface area contributed by atoms with Crippen molar-refractivity contribution in [3.05, 3.63) is 29.8 Å². The normalized spacial score (nSPS) is 24.4. The molecule has 130 valence electrons. The van der Waals surface area contributed by atoms with E-state index >= 15 is 0 Å². The molecule has 3 heteroatoms. The zero-order chi connectivity index (χ0) is 17.0. The lowest BCUT2D eigenvalue weighted by atomic mass is 9.86. The Bertz CT molecular complexity index is 485. The molecule has 0 aliphatic carbocycles. The van der Waals surface area contributed by atoms with Gasteiger partial charge in [0.1, 0.15) is 18.5 Å². The topological polar surface area (TPSA) is 32.7 Å². The van der Waals surface area contributed by atoms with E-state index in [0.717, 1.165) is 18.8 Å². The average Bonchev–Trinajstić information content (AvgIpc) is 2.43. The maximum Gasteiger partial charge on any atom is 0.123 e. The predicted octanol–water partition coefficient (Wildman–Crippen LogP) is 3.70. The molecule has 1 aliphatic rings. The summed E-state index contributed by atoms with van der Waals surface area (Å²) in [6.07, 6.45) is 0.850. The van der Waals surface area contributed by atoms with Crippen molar-refractivity contribution in [1.82, 2.24) is 4.90 Å². The number of hydrogen-bond acceptors (Lipinski definition) is 3. The number of likely N-dealkylation sites (tertiary alicyclic amines) is 1. The minimum Gasteiger partial charge on any atom is -0.491 e. The van der Waals surface area contributed by atoms with Gasteiger partial charge in [0.15, 0.2) is 0 Å². The third kappa shape index (κ3) is 5.50. The average molecular weight is 319 g/mol. The van der Waals surface area contributed by atoms with Crippen LogP contribution in [0.4, 0.5) is 0 Å². The minimum absolute atomic E-state index is 0.0410. The van der Waals surface area contributed by atoms with Crippen LogP contribution in [-0.4, -0.2) is 42.4 Å². The molecular formula is C20H33NO2. The van der Waals surface area contributed by atoms with Gasteiger partial charge in [-0.1, -0.05) is 52.8 Å². The lowest BCUT2D eigenvalue weighted by molar-refractivity contribution is 0.0424. The molecule has 1 aromatic rings. The lowest BCUT2D eigenvalue weighted by Crippen LogP contribution is -2.44. The highest BCUT2D eigenvalue weighted by atomic mass is 16.5. The van der Waals surface area contributed by atoms with E-state index in [1.54, 1.807) is 0 Å². The summed E-state index contributed by atoms with van der Waals surface area (Å²) in [7, 11) is 0. The summed E-state index contributed by atoms with van der Waals surface area (Å²) in [5.41, 5.74) is 1.23. The van der Waals surface area contributed by atoms with Crippen LogP contribution in [-0.2, 0) is 5.41 Å². The van der Waals surface area contributed by atoms with Gasteiger partial charge >= 0.3 is 0 Å².